The highest BCUT2D eigenvalue weighted by Crippen LogP contribution is 2.36. The van der Waals surface area contributed by atoms with E-state index in [0.29, 0.717) is 11.0 Å². The zero-order valence-corrected chi connectivity index (χ0v) is 16.2. The Kier molecular flexibility index (Phi) is 5.66. The number of ether oxygens (including phenoxy) is 1. The first-order valence-corrected chi connectivity index (χ1v) is 9.17. The second-order valence-electron chi connectivity index (χ2n) is 6.05. The van der Waals surface area contributed by atoms with Crippen molar-refractivity contribution in [2.45, 2.75) is 10.4 Å². The highest BCUT2D eigenvalue weighted by atomic mass is 32.2. The van der Waals surface area contributed by atoms with Crippen LogP contribution in [-0.2, 0) is 4.79 Å². The van der Waals surface area contributed by atoms with Crippen molar-refractivity contribution >= 4 is 17.7 Å². The minimum absolute atomic E-state index is 0.0415. The van der Waals surface area contributed by atoms with Crippen LogP contribution in [0.2, 0.25) is 0 Å². The summed E-state index contributed by atoms with van der Waals surface area (Å²) in [6.07, 6.45) is 0. The molecule has 3 rings (SSSR count). The summed E-state index contributed by atoms with van der Waals surface area (Å²) >= 11 is 1.28. The summed E-state index contributed by atoms with van der Waals surface area (Å²) < 4.78 is 6.58. The van der Waals surface area contributed by atoms with Crippen LogP contribution in [0.1, 0.15) is 10.8 Å². The van der Waals surface area contributed by atoms with E-state index < -0.39 is 5.25 Å². The Hall–Kier alpha value is -3.00. The van der Waals surface area contributed by atoms with E-state index in [4.69, 9.17) is 10.6 Å². The number of likely N-dealkylation sites (N-methyl/N-ethyl adjacent to an activating group) is 1. The summed E-state index contributed by atoms with van der Waals surface area (Å²) in [7, 11) is 5.07. The zero-order chi connectivity index (χ0) is 19.4. The average Bonchev–Trinajstić information content (AvgIpc) is 3.06. The summed E-state index contributed by atoms with van der Waals surface area (Å²) in [6.45, 7) is 0. The van der Waals surface area contributed by atoms with Gasteiger partial charge in [0.2, 0.25) is 11.1 Å². The molecule has 0 aliphatic carbocycles. The lowest BCUT2D eigenvalue weighted by molar-refractivity contribution is -0.128. The Labute approximate surface area is 162 Å². The van der Waals surface area contributed by atoms with Gasteiger partial charge in [-0.15, -0.1) is 10.2 Å². The molecule has 0 saturated carbocycles. The summed E-state index contributed by atoms with van der Waals surface area (Å²) in [4.78, 5) is 14.3. The molecule has 0 aliphatic rings. The molecule has 27 heavy (non-hydrogen) atoms. The number of thioether (sulfide) groups is 1. The standard InChI is InChI=1S/C19H21N5O2S/c1-23(2)18(25)16(13-7-5-4-6-8-13)27-19-22-21-17(24(19)20)14-9-11-15(26-3)12-10-14/h4-12,16H,20H2,1-3H3/t16-/m0/s1. The first-order valence-electron chi connectivity index (χ1n) is 8.29. The van der Waals surface area contributed by atoms with Crippen LogP contribution in [0.25, 0.3) is 11.4 Å². The Morgan fingerprint density at radius 3 is 2.37 bits per heavy atom. The molecule has 1 heterocycles. The summed E-state index contributed by atoms with van der Waals surface area (Å²) in [5.41, 5.74) is 1.70. The molecular formula is C19H21N5O2S. The van der Waals surface area contributed by atoms with Gasteiger partial charge in [0.25, 0.3) is 0 Å². The monoisotopic (exact) mass is 383 g/mol. The number of methoxy groups -OCH3 is 1. The lowest BCUT2D eigenvalue weighted by Gasteiger charge is -2.20. The van der Waals surface area contributed by atoms with Crippen LogP contribution >= 0.6 is 11.8 Å². The number of carbonyl (C=O) groups excluding carboxylic acids is 1. The van der Waals surface area contributed by atoms with Gasteiger partial charge in [0.15, 0.2) is 5.82 Å². The van der Waals surface area contributed by atoms with E-state index in [2.05, 4.69) is 10.2 Å². The van der Waals surface area contributed by atoms with Gasteiger partial charge >= 0.3 is 0 Å². The SMILES string of the molecule is COc1ccc(-c2nnc(S[C@H](C(=O)N(C)C)c3ccccc3)n2N)cc1. The van der Waals surface area contributed by atoms with Crippen LogP contribution < -0.4 is 10.6 Å². The number of amides is 1. The molecule has 3 aromatic rings. The second-order valence-corrected chi connectivity index (χ2v) is 7.12. The highest BCUT2D eigenvalue weighted by molar-refractivity contribution is 8.00. The molecule has 0 bridgehead atoms. The van der Waals surface area contributed by atoms with Crippen LogP contribution in [-0.4, -0.2) is 46.9 Å². The third-order valence-corrected chi connectivity index (χ3v) is 5.20. The maximum Gasteiger partial charge on any atom is 0.240 e. The molecule has 0 radical (unpaired) electrons. The number of nitrogens with two attached hydrogens (primary N) is 1. The molecule has 0 saturated heterocycles. The number of hydrogen-bond acceptors (Lipinski definition) is 6. The topological polar surface area (TPSA) is 86.3 Å². The number of nitrogen functional groups attached to an aromatic ring is 1. The maximum absolute atomic E-state index is 12.7. The van der Waals surface area contributed by atoms with Crippen molar-refractivity contribution in [2.75, 3.05) is 27.0 Å². The molecule has 0 aliphatic heterocycles. The molecule has 140 valence electrons. The fourth-order valence-electron chi connectivity index (χ4n) is 2.52. The van der Waals surface area contributed by atoms with Crippen molar-refractivity contribution in [2.24, 2.45) is 0 Å². The van der Waals surface area contributed by atoms with Gasteiger partial charge < -0.3 is 15.5 Å². The van der Waals surface area contributed by atoms with Gasteiger partial charge in [0.1, 0.15) is 11.0 Å². The van der Waals surface area contributed by atoms with E-state index in [9.17, 15) is 4.79 Å². The van der Waals surface area contributed by atoms with E-state index in [1.165, 1.54) is 16.4 Å². The van der Waals surface area contributed by atoms with Gasteiger partial charge in [-0.1, -0.05) is 42.1 Å². The first-order chi connectivity index (χ1) is 13.0. The smallest absolute Gasteiger partial charge is 0.240 e. The van der Waals surface area contributed by atoms with Crippen molar-refractivity contribution < 1.29 is 9.53 Å². The number of aromatic nitrogens is 3. The Morgan fingerprint density at radius 1 is 1.11 bits per heavy atom. The summed E-state index contributed by atoms with van der Waals surface area (Å²) in [5, 5.41) is 8.39. The van der Waals surface area contributed by atoms with Gasteiger partial charge in [-0.2, -0.15) is 0 Å². The second kappa shape index (κ2) is 8.13. The third-order valence-electron chi connectivity index (χ3n) is 4.00. The van der Waals surface area contributed by atoms with Crippen LogP contribution in [0.4, 0.5) is 0 Å². The third kappa shape index (κ3) is 4.06. The number of nitrogens with zero attached hydrogens (tertiary/aromatic N) is 4. The van der Waals surface area contributed by atoms with Crippen molar-refractivity contribution in [3.05, 3.63) is 60.2 Å². The molecule has 8 heteroatoms. The van der Waals surface area contributed by atoms with Gasteiger partial charge in [0.05, 0.1) is 7.11 Å². The summed E-state index contributed by atoms with van der Waals surface area (Å²) in [5.74, 6) is 7.45. The van der Waals surface area contributed by atoms with E-state index in [-0.39, 0.29) is 5.91 Å². The molecule has 1 aromatic heterocycles. The Bertz CT molecular complexity index is 910. The first kappa shape index (κ1) is 18.8. The molecule has 0 fully saturated rings. The predicted molar refractivity (Wildman–Crippen MR) is 106 cm³/mol. The van der Waals surface area contributed by atoms with Crippen LogP contribution in [0, 0.1) is 0 Å². The van der Waals surface area contributed by atoms with Gasteiger partial charge in [0, 0.05) is 19.7 Å². The van der Waals surface area contributed by atoms with E-state index in [1.54, 1.807) is 26.1 Å². The normalized spacial score (nSPS) is 11.8. The van der Waals surface area contributed by atoms with E-state index in [0.717, 1.165) is 16.9 Å². The molecule has 0 unspecified atom stereocenters. The Morgan fingerprint density at radius 2 is 1.78 bits per heavy atom. The molecule has 7 nitrogen and oxygen atoms in total. The molecular weight excluding hydrogens is 362 g/mol. The number of rotatable bonds is 6. The van der Waals surface area contributed by atoms with Crippen molar-refractivity contribution in [1.29, 1.82) is 0 Å². The van der Waals surface area contributed by atoms with Crippen molar-refractivity contribution in [3.63, 3.8) is 0 Å². The molecule has 2 aromatic carbocycles. The lowest BCUT2D eigenvalue weighted by atomic mass is 10.1. The van der Waals surface area contributed by atoms with E-state index in [1.807, 2.05) is 54.6 Å². The molecule has 1 amide bonds. The van der Waals surface area contributed by atoms with Gasteiger partial charge in [-0.05, 0) is 29.8 Å². The summed E-state index contributed by atoms with van der Waals surface area (Å²) in [6, 6.07) is 16.9. The largest absolute Gasteiger partial charge is 0.497 e. The molecule has 2 N–H and O–H groups in total. The van der Waals surface area contributed by atoms with Crippen LogP contribution in [0.15, 0.2) is 59.8 Å². The molecule has 0 spiro atoms. The predicted octanol–water partition coefficient (Wildman–Crippen LogP) is 2.59. The number of benzene rings is 2. The van der Waals surface area contributed by atoms with E-state index >= 15 is 0 Å². The minimum atomic E-state index is -0.462. The lowest BCUT2D eigenvalue weighted by Crippen LogP contribution is -2.27. The van der Waals surface area contributed by atoms with Crippen LogP contribution in [0.3, 0.4) is 0 Å². The van der Waals surface area contributed by atoms with Crippen LogP contribution in [0.5, 0.6) is 5.75 Å². The zero-order valence-electron chi connectivity index (χ0n) is 15.4. The highest BCUT2D eigenvalue weighted by Gasteiger charge is 2.26. The fourth-order valence-corrected chi connectivity index (χ4v) is 3.63. The quantitative estimate of drug-likeness (QED) is 0.520. The molecule has 1 atom stereocenters. The fraction of sp³-hybridized carbons (Fsp3) is 0.211. The Balaban J connectivity index is 1.91. The maximum atomic E-state index is 12.7. The number of carbonyl (C=O) groups is 1. The number of hydrogen-bond donors (Lipinski definition) is 1. The van der Waals surface area contributed by atoms with Gasteiger partial charge in [-0.3, -0.25) is 4.79 Å². The average molecular weight is 383 g/mol. The van der Waals surface area contributed by atoms with Crippen molar-refractivity contribution in [3.8, 4) is 17.1 Å². The van der Waals surface area contributed by atoms with Gasteiger partial charge in [-0.25, -0.2) is 4.68 Å². The van der Waals surface area contributed by atoms with Crippen molar-refractivity contribution in [1.82, 2.24) is 19.8 Å². The minimum Gasteiger partial charge on any atom is -0.497 e.